The lowest BCUT2D eigenvalue weighted by Gasteiger charge is -2.31. The van der Waals surface area contributed by atoms with Crippen molar-refractivity contribution in [1.82, 2.24) is 10.6 Å². The predicted octanol–water partition coefficient (Wildman–Crippen LogP) is 2.67. The lowest BCUT2D eigenvalue weighted by atomic mass is 9.76. The zero-order chi connectivity index (χ0) is 19.8. The number of aliphatic hydroxyl groups is 1. The summed E-state index contributed by atoms with van der Waals surface area (Å²) >= 11 is 0. The highest BCUT2D eigenvalue weighted by atomic mass is 16.3. The molecule has 1 aromatic rings. The molecule has 0 saturated heterocycles. The van der Waals surface area contributed by atoms with Crippen LogP contribution in [-0.2, 0) is 16.0 Å². The third kappa shape index (κ3) is 6.65. The molecular weight excluding hydrogens is 340 g/mol. The molecule has 0 heterocycles. The van der Waals surface area contributed by atoms with Crippen LogP contribution in [0.3, 0.4) is 0 Å². The molecule has 1 fully saturated rings. The van der Waals surface area contributed by atoms with Crippen LogP contribution in [0.4, 0.5) is 0 Å². The number of amides is 2. The lowest BCUT2D eigenvalue weighted by molar-refractivity contribution is -0.132. The van der Waals surface area contributed by atoms with Crippen molar-refractivity contribution in [3.8, 4) is 0 Å². The Morgan fingerprint density at radius 3 is 2.22 bits per heavy atom. The molecular formula is C22H34N2O3. The Kier molecular flexibility index (Phi) is 8.29. The van der Waals surface area contributed by atoms with Crippen LogP contribution < -0.4 is 10.6 Å². The van der Waals surface area contributed by atoms with Crippen LogP contribution in [0, 0.1) is 17.8 Å². The second-order valence-electron chi connectivity index (χ2n) is 8.20. The Bertz CT molecular complexity index is 595. The van der Waals surface area contributed by atoms with E-state index in [-0.39, 0.29) is 30.4 Å². The van der Waals surface area contributed by atoms with Crippen LogP contribution in [0.25, 0.3) is 0 Å². The standard InChI is InChI=1S/C22H34N2O3/c1-15(2)18-9-11-19(12-10-18)21(26)24-20(22(27)23-16(3)14-25)13-17-7-5-4-6-8-17/h4-8,15-16,18-20,25H,9-14H2,1-3H3,(H,23,27)(H,24,26)/t16-,18?,19?,20+/m0/s1. The van der Waals surface area contributed by atoms with Crippen molar-refractivity contribution in [2.75, 3.05) is 6.61 Å². The minimum Gasteiger partial charge on any atom is -0.394 e. The Hall–Kier alpha value is -1.88. The molecule has 1 aromatic carbocycles. The first kappa shape index (κ1) is 21.4. The third-order valence-corrected chi connectivity index (χ3v) is 5.66. The predicted molar refractivity (Wildman–Crippen MR) is 107 cm³/mol. The van der Waals surface area contributed by atoms with Crippen LogP contribution in [0.2, 0.25) is 0 Å². The SMILES string of the molecule is CC(C)C1CCC(C(=O)N[C@H](Cc2ccccc2)C(=O)N[C@@H](C)CO)CC1. The van der Waals surface area contributed by atoms with Gasteiger partial charge in [-0.1, -0.05) is 44.2 Å². The zero-order valence-electron chi connectivity index (χ0n) is 16.8. The van der Waals surface area contributed by atoms with E-state index >= 15 is 0 Å². The third-order valence-electron chi connectivity index (χ3n) is 5.66. The molecule has 0 spiro atoms. The van der Waals surface area contributed by atoms with Gasteiger partial charge in [0.25, 0.3) is 0 Å². The highest BCUT2D eigenvalue weighted by molar-refractivity contribution is 5.88. The number of rotatable bonds is 8. The quantitative estimate of drug-likeness (QED) is 0.655. The first-order chi connectivity index (χ1) is 12.9. The molecule has 5 nitrogen and oxygen atoms in total. The van der Waals surface area contributed by atoms with Crippen molar-refractivity contribution in [3.05, 3.63) is 35.9 Å². The first-order valence-electron chi connectivity index (χ1n) is 10.2. The summed E-state index contributed by atoms with van der Waals surface area (Å²) in [5.74, 6) is 1.07. The summed E-state index contributed by atoms with van der Waals surface area (Å²) in [5.41, 5.74) is 0.998. The van der Waals surface area contributed by atoms with Gasteiger partial charge in [-0.2, -0.15) is 0 Å². The van der Waals surface area contributed by atoms with E-state index in [0.717, 1.165) is 31.2 Å². The second-order valence-corrected chi connectivity index (χ2v) is 8.20. The van der Waals surface area contributed by atoms with E-state index in [4.69, 9.17) is 0 Å². The van der Waals surface area contributed by atoms with E-state index in [1.165, 1.54) is 0 Å². The van der Waals surface area contributed by atoms with Gasteiger partial charge in [-0.05, 0) is 50.0 Å². The van der Waals surface area contributed by atoms with Gasteiger partial charge in [-0.3, -0.25) is 9.59 Å². The van der Waals surface area contributed by atoms with E-state index in [1.54, 1.807) is 6.92 Å². The van der Waals surface area contributed by atoms with E-state index in [2.05, 4.69) is 24.5 Å². The van der Waals surface area contributed by atoms with Gasteiger partial charge in [0, 0.05) is 18.4 Å². The van der Waals surface area contributed by atoms with Gasteiger partial charge < -0.3 is 15.7 Å². The maximum Gasteiger partial charge on any atom is 0.243 e. The second kappa shape index (κ2) is 10.5. The fourth-order valence-corrected chi connectivity index (χ4v) is 3.79. The molecule has 1 aliphatic carbocycles. The first-order valence-corrected chi connectivity index (χ1v) is 10.2. The van der Waals surface area contributed by atoms with Crippen molar-refractivity contribution in [2.24, 2.45) is 17.8 Å². The summed E-state index contributed by atoms with van der Waals surface area (Å²) < 4.78 is 0. The van der Waals surface area contributed by atoms with Gasteiger partial charge in [-0.15, -0.1) is 0 Å². The molecule has 2 atom stereocenters. The summed E-state index contributed by atoms with van der Waals surface area (Å²) in [6.45, 7) is 6.10. The number of aliphatic hydroxyl groups excluding tert-OH is 1. The van der Waals surface area contributed by atoms with E-state index in [1.807, 2.05) is 30.3 Å². The van der Waals surface area contributed by atoms with Crippen molar-refractivity contribution >= 4 is 11.8 Å². The largest absolute Gasteiger partial charge is 0.394 e. The molecule has 0 aromatic heterocycles. The van der Waals surface area contributed by atoms with Gasteiger partial charge in [0.05, 0.1) is 6.61 Å². The molecule has 0 radical (unpaired) electrons. The molecule has 3 N–H and O–H groups in total. The van der Waals surface area contributed by atoms with Gasteiger partial charge in [0.1, 0.15) is 6.04 Å². The average molecular weight is 375 g/mol. The summed E-state index contributed by atoms with van der Waals surface area (Å²) in [6.07, 6.45) is 4.38. The number of hydrogen-bond donors (Lipinski definition) is 3. The minimum atomic E-state index is -0.628. The summed E-state index contributed by atoms with van der Waals surface area (Å²) in [7, 11) is 0. The molecule has 1 aliphatic rings. The van der Waals surface area contributed by atoms with Crippen molar-refractivity contribution in [2.45, 2.75) is 65.0 Å². The summed E-state index contributed by atoms with van der Waals surface area (Å²) in [5, 5.41) is 15.0. The zero-order valence-corrected chi connectivity index (χ0v) is 16.8. The minimum absolute atomic E-state index is 0.0126. The molecule has 0 bridgehead atoms. The molecule has 150 valence electrons. The van der Waals surface area contributed by atoms with Crippen molar-refractivity contribution < 1.29 is 14.7 Å². The monoisotopic (exact) mass is 374 g/mol. The fraction of sp³-hybridized carbons (Fsp3) is 0.636. The van der Waals surface area contributed by atoms with Crippen LogP contribution in [0.5, 0.6) is 0 Å². The summed E-state index contributed by atoms with van der Waals surface area (Å²) in [6, 6.07) is 8.72. The van der Waals surface area contributed by atoms with E-state index in [0.29, 0.717) is 18.3 Å². The molecule has 2 amide bonds. The Labute approximate surface area is 162 Å². The molecule has 27 heavy (non-hydrogen) atoms. The molecule has 5 heteroatoms. The molecule has 0 unspecified atom stereocenters. The molecule has 1 saturated carbocycles. The van der Waals surface area contributed by atoms with Gasteiger partial charge in [0.15, 0.2) is 0 Å². The molecule has 0 aliphatic heterocycles. The number of carbonyl (C=O) groups excluding carboxylic acids is 2. The number of hydrogen-bond acceptors (Lipinski definition) is 3. The maximum absolute atomic E-state index is 12.8. The van der Waals surface area contributed by atoms with Crippen LogP contribution in [0.15, 0.2) is 30.3 Å². The lowest BCUT2D eigenvalue weighted by Crippen LogP contribution is -2.52. The average Bonchev–Trinajstić information content (AvgIpc) is 2.68. The fourth-order valence-electron chi connectivity index (χ4n) is 3.79. The summed E-state index contributed by atoms with van der Waals surface area (Å²) in [4.78, 5) is 25.4. The highest BCUT2D eigenvalue weighted by Crippen LogP contribution is 2.33. The topological polar surface area (TPSA) is 78.4 Å². The van der Waals surface area contributed by atoms with E-state index < -0.39 is 6.04 Å². The Morgan fingerprint density at radius 2 is 1.67 bits per heavy atom. The number of nitrogens with one attached hydrogen (secondary N) is 2. The van der Waals surface area contributed by atoms with E-state index in [9.17, 15) is 14.7 Å². The normalized spacial score (nSPS) is 22.1. The van der Waals surface area contributed by atoms with Crippen LogP contribution in [-0.4, -0.2) is 35.6 Å². The number of benzene rings is 1. The Morgan fingerprint density at radius 1 is 1.04 bits per heavy atom. The Balaban J connectivity index is 2.00. The van der Waals surface area contributed by atoms with Crippen molar-refractivity contribution in [3.63, 3.8) is 0 Å². The molecule has 2 rings (SSSR count). The van der Waals surface area contributed by atoms with Gasteiger partial charge in [-0.25, -0.2) is 0 Å². The van der Waals surface area contributed by atoms with Gasteiger partial charge in [0.2, 0.25) is 11.8 Å². The number of carbonyl (C=O) groups is 2. The van der Waals surface area contributed by atoms with Gasteiger partial charge >= 0.3 is 0 Å². The highest BCUT2D eigenvalue weighted by Gasteiger charge is 2.30. The van der Waals surface area contributed by atoms with Crippen LogP contribution >= 0.6 is 0 Å². The van der Waals surface area contributed by atoms with Crippen LogP contribution in [0.1, 0.15) is 52.0 Å². The van der Waals surface area contributed by atoms with Crippen molar-refractivity contribution in [1.29, 1.82) is 0 Å². The smallest absolute Gasteiger partial charge is 0.243 e. The maximum atomic E-state index is 12.8.